The van der Waals surface area contributed by atoms with Gasteiger partial charge in [0.15, 0.2) is 0 Å². The molecule has 1 amide bonds. The summed E-state index contributed by atoms with van der Waals surface area (Å²) in [6, 6.07) is 6.60. The summed E-state index contributed by atoms with van der Waals surface area (Å²) < 4.78 is 60.6. The lowest BCUT2D eigenvalue weighted by Gasteiger charge is -2.51. The van der Waals surface area contributed by atoms with Crippen LogP contribution in [0.3, 0.4) is 0 Å². The first-order valence-electron chi connectivity index (χ1n) is 18.6. The number of hydrogen-bond donors (Lipinski definition) is 2. The lowest BCUT2D eigenvalue weighted by atomic mass is 9.66. The molecule has 0 aliphatic heterocycles. The molecule has 0 saturated heterocycles. The summed E-state index contributed by atoms with van der Waals surface area (Å²) in [6.07, 6.45) is -8.99. The molecule has 3 rings (SSSR count). The third kappa shape index (κ3) is 6.59. The number of aromatic nitrogens is 4. The summed E-state index contributed by atoms with van der Waals surface area (Å²) >= 11 is 0. The van der Waals surface area contributed by atoms with E-state index in [4.69, 9.17) is 9.60 Å². The first-order chi connectivity index (χ1) is 23.0. The van der Waals surface area contributed by atoms with E-state index in [-0.39, 0.29) is 0 Å². The number of nitrogens with zero attached hydrogens (tertiary/aromatic N) is 4. The van der Waals surface area contributed by atoms with Crippen LogP contribution >= 0.6 is 0 Å². The van der Waals surface area contributed by atoms with Gasteiger partial charge in [-0.1, -0.05) is 78.6 Å². The average molecular weight is 611 g/mol. The van der Waals surface area contributed by atoms with E-state index in [0.717, 1.165) is 52.1 Å². The zero-order valence-electron chi connectivity index (χ0n) is 35.2. The second-order valence-corrected chi connectivity index (χ2v) is 12.9. The van der Waals surface area contributed by atoms with Crippen molar-refractivity contribution in [2.45, 2.75) is 120 Å². The van der Waals surface area contributed by atoms with Gasteiger partial charge in [-0.05, 0) is 109 Å². The van der Waals surface area contributed by atoms with E-state index in [9.17, 15) is 14.7 Å². The highest BCUT2D eigenvalue weighted by Crippen LogP contribution is 2.46. The van der Waals surface area contributed by atoms with Crippen molar-refractivity contribution in [1.82, 2.24) is 25.5 Å². The van der Waals surface area contributed by atoms with Crippen molar-refractivity contribution in [3.63, 3.8) is 0 Å². The molecule has 2 aromatic carbocycles. The van der Waals surface area contributed by atoms with Gasteiger partial charge in [-0.15, -0.1) is 10.2 Å². The Morgan fingerprint density at radius 2 is 1.70 bits per heavy atom. The maximum Gasteiger partial charge on any atom is 0.329 e. The van der Waals surface area contributed by atoms with Gasteiger partial charge >= 0.3 is 5.97 Å². The molecule has 1 aromatic heterocycles. The second-order valence-electron chi connectivity index (χ2n) is 12.9. The molecule has 240 valence electrons. The van der Waals surface area contributed by atoms with Crippen molar-refractivity contribution in [1.29, 1.82) is 0 Å². The molecule has 0 saturated carbocycles. The number of rotatable bonds is 12. The molecule has 0 aliphatic carbocycles. The molecule has 3 unspecified atom stereocenters. The molecule has 8 heteroatoms. The van der Waals surface area contributed by atoms with Crippen LogP contribution in [0.4, 0.5) is 0 Å². The number of H-pyrrole nitrogens is 1. The summed E-state index contributed by atoms with van der Waals surface area (Å²) in [4.78, 5) is 29.6. The van der Waals surface area contributed by atoms with Crippen molar-refractivity contribution in [2.75, 3.05) is 0 Å². The Morgan fingerprint density at radius 3 is 2.23 bits per heavy atom. The molecule has 4 atom stereocenters. The van der Waals surface area contributed by atoms with Crippen molar-refractivity contribution < 1.29 is 24.3 Å². The molecular weight excluding hydrogens is 550 g/mol. The Labute approximate surface area is 273 Å². The number of tetrazole rings is 1. The van der Waals surface area contributed by atoms with Crippen LogP contribution in [0.25, 0.3) is 22.5 Å². The molecule has 0 spiro atoms. The Morgan fingerprint density at radius 1 is 1.05 bits per heavy atom. The van der Waals surface area contributed by atoms with Gasteiger partial charge in [0.1, 0.15) is 5.54 Å². The van der Waals surface area contributed by atoms with Gasteiger partial charge in [-0.3, -0.25) is 4.79 Å². The number of nitrogens with one attached hydrogen (secondary N) is 1. The van der Waals surface area contributed by atoms with E-state index >= 15 is 0 Å². The third-order valence-electron chi connectivity index (χ3n) is 8.98. The van der Waals surface area contributed by atoms with Crippen LogP contribution in [0.15, 0.2) is 24.3 Å². The van der Waals surface area contributed by atoms with Crippen molar-refractivity contribution in [3.8, 4) is 22.5 Å². The minimum atomic E-state index is -3.39. The number of benzene rings is 2. The fourth-order valence-corrected chi connectivity index (χ4v) is 7.12. The minimum absolute atomic E-state index is 0.296. The first-order valence-corrected chi connectivity index (χ1v) is 15.1. The smallest absolute Gasteiger partial charge is 0.329 e. The molecule has 2 N–H and O–H groups in total. The van der Waals surface area contributed by atoms with Crippen LogP contribution in [0, 0.1) is 44.9 Å². The van der Waals surface area contributed by atoms with Crippen LogP contribution in [0.2, 0.25) is 0 Å². The Kier molecular flexibility index (Phi) is 7.97. The fraction of sp³-hybridized carbons (Fsp3) is 0.583. The molecule has 3 aromatic rings. The van der Waals surface area contributed by atoms with E-state index in [1.165, 1.54) is 6.92 Å². The number of carbonyl (C=O) groups excluding carboxylic acids is 1. The molecular formula is C36H53N5O3. The lowest BCUT2D eigenvalue weighted by molar-refractivity contribution is -0.170. The second kappa shape index (κ2) is 13.6. The predicted octanol–water partition coefficient (Wildman–Crippen LogP) is 8.40. The summed E-state index contributed by atoms with van der Waals surface area (Å²) in [7, 11) is 0. The highest BCUT2D eigenvalue weighted by Gasteiger charge is 2.53. The van der Waals surface area contributed by atoms with Crippen LogP contribution in [-0.4, -0.2) is 48.0 Å². The van der Waals surface area contributed by atoms with Crippen LogP contribution in [-0.2, 0) is 9.59 Å². The van der Waals surface area contributed by atoms with E-state index in [1.54, 1.807) is 13.8 Å². The number of hydrogen-bond acceptors (Lipinski definition) is 5. The normalized spacial score (nSPS) is 19.4. The Balaban J connectivity index is 2.44. The maximum absolute atomic E-state index is 15.0. The van der Waals surface area contributed by atoms with Gasteiger partial charge in [-0.25, -0.2) is 4.79 Å². The number of amides is 1. The molecule has 0 bridgehead atoms. The average Bonchev–Trinajstić information content (AvgIpc) is 3.53. The standard InChI is InChI=1S/C36H53N5O3/c1-13-16-21(3)19-30(42)41(36(12,34(43)44)29(14-2)35(9,10)11)26(8)31-23(5)20-28(24(6)25(31)7)32-22(4)17-15-18-27(32)33-37-39-40-38-33/h15,17-18,20-21,26,29H,13-14,16,19H2,1-12H3,(H,43,44)(H,37,38,39,40)/t21?,26?,29?,36-/m0/s1/i13D2,16D2,19D2,21D. The number of aryl methyl sites for hydroxylation is 2. The number of carboxylic acid groups (broad SMARTS) is 1. The van der Waals surface area contributed by atoms with E-state index in [0.29, 0.717) is 23.4 Å². The largest absolute Gasteiger partial charge is 0.479 e. The summed E-state index contributed by atoms with van der Waals surface area (Å²) in [6.45, 7) is 19.7. The van der Waals surface area contributed by atoms with Gasteiger partial charge in [0.2, 0.25) is 11.7 Å². The van der Waals surface area contributed by atoms with E-state index < -0.39 is 59.8 Å². The van der Waals surface area contributed by atoms with Crippen molar-refractivity contribution in [3.05, 3.63) is 52.1 Å². The molecule has 8 nitrogen and oxygen atoms in total. The zero-order chi connectivity index (χ0) is 39.4. The summed E-state index contributed by atoms with van der Waals surface area (Å²) in [5, 5.41) is 25.7. The summed E-state index contributed by atoms with van der Waals surface area (Å²) in [5.74, 6) is -6.11. The quantitative estimate of drug-likeness (QED) is 0.213. The molecule has 0 radical (unpaired) electrons. The molecule has 0 aliphatic rings. The van der Waals surface area contributed by atoms with Gasteiger partial charge < -0.3 is 10.0 Å². The molecule has 0 fully saturated rings. The van der Waals surface area contributed by atoms with E-state index in [2.05, 4.69) is 20.6 Å². The molecule has 44 heavy (non-hydrogen) atoms. The monoisotopic (exact) mass is 610 g/mol. The number of carboxylic acids is 1. The minimum Gasteiger partial charge on any atom is -0.479 e. The van der Waals surface area contributed by atoms with Crippen LogP contribution < -0.4 is 0 Å². The topological polar surface area (TPSA) is 112 Å². The third-order valence-corrected chi connectivity index (χ3v) is 8.98. The van der Waals surface area contributed by atoms with Crippen molar-refractivity contribution >= 4 is 11.9 Å². The highest BCUT2D eigenvalue weighted by molar-refractivity contribution is 5.89. The van der Waals surface area contributed by atoms with Gasteiger partial charge in [0.05, 0.1) is 6.04 Å². The lowest BCUT2D eigenvalue weighted by Crippen LogP contribution is -2.62. The van der Waals surface area contributed by atoms with E-state index in [1.807, 2.05) is 72.7 Å². The van der Waals surface area contributed by atoms with Crippen LogP contribution in [0.5, 0.6) is 0 Å². The SMILES string of the molecule is [2H]C([2H])(C)C([2H])([2H])C([2H])(C)C([2H])([2H])C(=O)N(C(C)c1c(C)cc(-c2c(C)cccc2-c2nn[nH]n2)c(C)c1C)[C@](C)(C(=O)O)C(CC)C(C)(C)C. The van der Waals surface area contributed by atoms with Crippen molar-refractivity contribution in [2.24, 2.45) is 17.2 Å². The first kappa shape index (κ1) is 25.7. The Bertz CT molecular complexity index is 1780. The zero-order valence-corrected chi connectivity index (χ0v) is 28.2. The highest BCUT2D eigenvalue weighted by atomic mass is 16.4. The predicted molar refractivity (Wildman–Crippen MR) is 177 cm³/mol. The Hall–Kier alpha value is -3.55. The van der Waals surface area contributed by atoms with Gasteiger partial charge in [-0.2, -0.15) is 5.21 Å². The van der Waals surface area contributed by atoms with Crippen LogP contribution in [0.1, 0.15) is 124 Å². The number of carbonyl (C=O) groups is 2. The van der Waals surface area contributed by atoms with Gasteiger partial charge in [0, 0.05) is 21.5 Å². The molecule has 1 heterocycles. The number of aliphatic carboxylic acids is 1. The maximum atomic E-state index is 15.0. The van der Waals surface area contributed by atoms with Gasteiger partial charge in [0.25, 0.3) is 0 Å². The fourth-order valence-electron chi connectivity index (χ4n) is 7.12. The summed E-state index contributed by atoms with van der Waals surface area (Å²) in [5.41, 5.74) is 3.45. The number of aromatic amines is 1.